The Morgan fingerprint density at radius 2 is 1.96 bits per heavy atom. The molecule has 7 heteroatoms. The third kappa shape index (κ3) is 3.98. The van der Waals surface area contributed by atoms with Gasteiger partial charge in [0.25, 0.3) is 0 Å². The Hall–Kier alpha value is -2.80. The minimum atomic E-state index is -0.226. The Morgan fingerprint density at radius 1 is 1.19 bits per heavy atom. The van der Waals surface area contributed by atoms with Crippen molar-refractivity contribution in [1.29, 1.82) is 0 Å². The van der Waals surface area contributed by atoms with Crippen LogP contribution in [0.5, 0.6) is 6.01 Å². The number of aromatic nitrogens is 4. The van der Waals surface area contributed by atoms with E-state index < -0.39 is 0 Å². The van der Waals surface area contributed by atoms with Gasteiger partial charge in [0, 0.05) is 41.7 Å². The molecule has 0 aliphatic carbocycles. The van der Waals surface area contributed by atoms with E-state index in [1.807, 2.05) is 18.5 Å². The van der Waals surface area contributed by atoms with E-state index in [2.05, 4.69) is 25.1 Å². The Kier molecular flexibility index (Phi) is 5.11. The van der Waals surface area contributed by atoms with Gasteiger partial charge in [0.05, 0.1) is 13.3 Å². The highest BCUT2D eigenvalue weighted by Crippen LogP contribution is 2.34. The Bertz CT molecular complexity index is 887. The van der Waals surface area contributed by atoms with E-state index in [-0.39, 0.29) is 5.82 Å². The first-order chi connectivity index (χ1) is 13.2. The maximum atomic E-state index is 13.6. The van der Waals surface area contributed by atoms with Crippen molar-refractivity contribution in [2.75, 3.05) is 20.2 Å². The standard InChI is InChI=1S/C20H22FN5O/c1-27-20-22-10-14(11-23-20)13-26-7-5-15(6-8-26)19-18(12-24-25-19)16-3-2-4-17(21)9-16/h2-4,9-12,15H,5-8,13H2,1H3,(H,24,25). The van der Waals surface area contributed by atoms with Crippen LogP contribution in [0.2, 0.25) is 0 Å². The minimum absolute atomic E-state index is 0.226. The van der Waals surface area contributed by atoms with Crippen LogP contribution in [0.1, 0.15) is 30.0 Å². The molecule has 0 atom stereocenters. The number of methoxy groups -OCH3 is 1. The van der Waals surface area contributed by atoms with Crippen LogP contribution in [0.15, 0.2) is 42.9 Å². The summed E-state index contributed by atoms with van der Waals surface area (Å²) < 4.78 is 18.6. The van der Waals surface area contributed by atoms with E-state index in [1.54, 1.807) is 25.4 Å². The molecule has 1 saturated heterocycles. The molecule has 27 heavy (non-hydrogen) atoms. The largest absolute Gasteiger partial charge is 0.467 e. The van der Waals surface area contributed by atoms with Gasteiger partial charge in [-0.15, -0.1) is 0 Å². The first-order valence-corrected chi connectivity index (χ1v) is 9.09. The first-order valence-electron chi connectivity index (χ1n) is 9.09. The van der Waals surface area contributed by atoms with Crippen LogP contribution in [0.25, 0.3) is 11.1 Å². The molecule has 0 bridgehead atoms. The smallest absolute Gasteiger partial charge is 0.316 e. The minimum Gasteiger partial charge on any atom is -0.467 e. The van der Waals surface area contributed by atoms with E-state index >= 15 is 0 Å². The summed E-state index contributed by atoms with van der Waals surface area (Å²) in [5, 5.41) is 7.36. The SMILES string of the molecule is COc1ncc(CN2CCC(c3[nH]ncc3-c3cccc(F)c3)CC2)cn1. The number of rotatable bonds is 5. The van der Waals surface area contributed by atoms with Crippen molar-refractivity contribution >= 4 is 0 Å². The van der Waals surface area contributed by atoms with Crippen molar-refractivity contribution in [3.8, 4) is 17.1 Å². The number of nitrogens with one attached hydrogen (secondary N) is 1. The summed E-state index contributed by atoms with van der Waals surface area (Å²) in [6.07, 6.45) is 7.48. The zero-order chi connectivity index (χ0) is 18.6. The summed E-state index contributed by atoms with van der Waals surface area (Å²) in [7, 11) is 1.56. The van der Waals surface area contributed by atoms with Gasteiger partial charge in [0.15, 0.2) is 0 Å². The predicted octanol–water partition coefficient (Wildman–Crippen LogP) is 3.39. The predicted molar refractivity (Wildman–Crippen MR) is 99.8 cm³/mol. The highest BCUT2D eigenvalue weighted by Gasteiger charge is 2.24. The maximum Gasteiger partial charge on any atom is 0.316 e. The molecule has 1 aromatic carbocycles. The van der Waals surface area contributed by atoms with Crippen molar-refractivity contribution in [3.05, 3.63) is 59.9 Å². The summed E-state index contributed by atoms with van der Waals surface area (Å²) in [5.41, 5.74) is 4.05. The fraction of sp³-hybridized carbons (Fsp3) is 0.350. The third-order valence-electron chi connectivity index (χ3n) is 5.07. The average molecular weight is 367 g/mol. The number of likely N-dealkylation sites (tertiary alicyclic amines) is 1. The van der Waals surface area contributed by atoms with Crippen LogP contribution in [-0.4, -0.2) is 45.3 Å². The van der Waals surface area contributed by atoms with Crippen molar-refractivity contribution in [2.24, 2.45) is 0 Å². The summed E-state index contributed by atoms with van der Waals surface area (Å²) in [6, 6.07) is 7.08. The molecule has 0 radical (unpaired) electrons. The fourth-order valence-electron chi connectivity index (χ4n) is 3.66. The molecule has 0 saturated carbocycles. The lowest BCUT2D eigenvalue weighted by atomic mass is 9.89. The molecular formula is C20H22FN5O. The number of piperidine rings is 1. The lowest BCUT2D eigenvalue weighted by Crippen LogP contribution is -2.32. The van der Waals surface area contributed by atoms with E-state index in [9.17, 15) is 4.39 Å². The quantitative estimate of drug-likeness (QED) is 0.749. The molecule has 1 fully saturated rings. The molecule has 3 heterocycles. The summed E-state index contributed by atoms with van der Waals surface area (Å²) in [4.78, 5) is 10.7. The molecule has 3 aromatic rings. The number of ether oxygens (including phenoxy) is 1. The highest BCUT2D eigenvalue weighted by atomic mass is 19.1. The molecule has 0 amide bonds. The van der Waals surface area contributed by atoms with Crippen molar-refractivity contribution in [2.45, 2.75) is 25.3 Å². The summed E-state index contributed by atoms with van der Waals surface area (Å²) in [6.45, 7) is 2.80. The van der Waals surface area contributed by atoms with E-state index in [1.165, 1.54) is 6.07 Å². The van der Waals surface area contributed by atoms with Gasteiger partial charge < -0.3 is 4.74 Å². The molecule has 0 unspecified atom stereocenters. The van der Waals surface area contributed by atoms with Crippen LogP contribution < -0.4 is 4.74 Å². The van der Waals surface area contributed by atoms with Crippen molar-refractivity contribution in [1.82, 2.24) is 25.1 Å². The van der Waals surface area contributed by atoms with Gasteiger partial charge in [-0.25, -0.2) is 14.4 Å². The molecule has 2 aromatic heterocycles. The van der Waals surface area contributed by atoms with Gasteiger partial charge in [-0.3, -0.25) is 10.00 Å². The summed E-state index contributed by atoms with van der Waals surface area (Å²) in [5.74, 6) is 0.172. The second-order valence-electron chi connectivity index (χ2n) is 6.84. The van der Waals surface area contributed by atoms with Crippen LogP contribution in [0.4, 0.5) is 4.39 Å². The van der Waals surface area contributed by atoms with Gasteiger partial charge in [-0.1, -0.05) is 12.1 Å². The van der Waals surface area contributed by atoms with Crippen LogP contribution in [-0.2, 0) is 6.54 Å². The van der Waals surface area contributed by atoms with Crippen LogP contribution in [0.3, 0.4) is 0 Å². The van der Waals surface area contributed by atoms with Gasteiger partial charge in [-0.2, -0.15) is 5.10 Å². The number of halogens is 1. The van der Waals surface area contributed by atoms with Crippen LogP contribution >= 0.6 is 0 Å². The second kappa shape index (κ2) is 7.84. The van der Waals surface area contributed by atoms with Crippen LogP contribution in [0, 0.1) is 5.82 Å². The molecule has 6 nitrogen and oxygen atoms in total. The summed E-state index contributed by atoms with van der Waals surface area (Å²) >= 11 is 0. The van der Waals surface area contributed by atoms with Crippen molar-refractivity contribution in [3.63, 3.8) is 0 Å². The molecule has 0 spiro atoms. The molecule has 140 valence electrons. The maximum absolute atomic E-state index is 13.6. The highest BCUT2D eigenvalue weighted by molar-refractivity contribution is 5.65. The molecular weight excluding hydrogens is 345 g/mol. The molecule has 1 aliphatic rings. The number of benzene rings is 1. The van der Waals surface area contributed by atoms with Crippen molar-refractivity contribution < 1.29 is 9.13 Å². The normalized spacial score (nSPS) is 15.8. The topological polar surface area (TPSA) is 66.9 Å². The monoisotopic (exact) mass is 367 g/mol. The molecule has 4 rings (SSSR count). The second-order valence-corrected chi connectivity index (χ2v) is 6.84. The lowest BCUT2D eigenvalue weighted by Gasteiger charge is -2.31. The third-order valence-corrected chi connectivity index (χ3v) is 5.07. The van der Waals surface area contributed by atoms with Gasteiger partial charge in [0.2, 0.25) is 0 Å². The molecule has 1 N–H and O–H groups in total. The molecule has 1 aliphatic heterocycles. The fourth-order valence-corrected chi connectivity index (χ4v) is 3.66. The Balaban J connectivity index is 1.40. The number of H-pyrrole nitrogens is 1. The Morgan fingerprint density at radius 3 is 2.67 bits per heavy atom. The number of aromatic amines is 1. The van der Waals surface area contributed by atoms with E-state index in [4.69, 9.17) is 4.74 Å². The average Bonchev–Trinajstić information content (AvgIpc) is 3.19. The van der Waals surface area contributed by atoms with E-state index in [0.717, 1.165) is 54.9 Å². The number of nitrogens with zero attached hydrogens (tertiary/aromatic N) is 4. The van der Waals surface area contributed by atoms with Gasteiger partial charge in [0.1, 0.15) is 5.82 Å². The first kappa shape index (κ1) is 17.6. The lowest BCUT2D eigenvalue weighted by molar-refractivity contribution is 0.203. The van der Waals surface area contributed by atoms with Gasteiger partial charge in [-0.05, 0) is 43.6 Å². The number of hydrogen-bond acceptors (Lipinski definition) is 5. The Labute approximate surface area is 157 Å². The van der Waals surface area contributed by atoms with E-state index in [0.29, 0.717) is 11.9 Å². The van der Waals surface area contributed by atoms with Gasteiger partial charge >= 0.3 is 6.01 Å². The number of hydrogen-bond donors (Lipinski definition) is 1. The zero-order valence-corrected chi connectivity index (χ0v) is 15.2. The zero-order valence-electron chi connectivity index (χ0n) is 15.2.